The molecule has 30 aromatic rings. The smallest absolute Gasteiger partial charge is 0.237 e. The van der Waals surface area contributed by atoms with Gasteiger partial charge >= 0.3 is 0 Å². The highest BCUT2D eigenvalue weighted by molar-refractivity contribution is 7.26. The fraction of sp³-hybridized carbons (Fsp3) is 0. The minimum atomic E-state index is 0.620. The van der Waals surface area contributed by atoms with Crippen molar-refractivity contribution in [3.8, 4) is 34.7 Å². The topological polar surface area (TPSA) is 80.1 Å². The Balaban J connectivity index is 0.647. The van der Waals surface area contributed by atoms with E-state index >= 15 is 0 Å². The van der Waals surface area contributed by atoms with Crippen molar-refractivity contribution >= 4 is 270 Å². The van der Waals surface area contributed by atoms with Crippen LogP contribution in [-0.4, -0.2) is 47.0 Å². The quantitative estimate of drug-likeness (QED) is 0.172. The number of hydrogen-bond acceptors (Lipinski definition) is 6. The van der Waals surface area contributed by atoms with Crippen LogP contribution < -0.4 is 0 Å². The fourth-order valence-corrected chi connectivity index (χ4v) is 24.2. The Hall–Kier alpha value is -15.6. The molecule has 0 atom stereocenters. The molecule has 0 unspecified atom stereocenters. The molecule has 0 aliphatic rings. The lowest BCUT2D eigenvalue weighted by Crippen LogP contribution is -2.06. The van der Waals surface area contributed by atoms with E-state index in [1.54, 1.807) is 22.7 Å². The summed E-state index contributed by atoms with van der Waals surface area (Å²) in [6.45, 7) is 0. The number of aromatic nitrogens is 10. The fourth-order valence-electron chi connectivity index (χ4n) is 22.0. The van der Waals surface area contributed by atoms with E-state index in [9.17, 15) is 0 Å². The van der Waals surface area contributed by atoms with Gasteiger partial charge in [0.2, 0.25) is 11.9 Å². The Morgan fingerprint density at radius 2 is 0.550 bits per heavy atom. The van der Waals surface area contributed by atoms with Crippen LogP contribution in [0, 0.1) is 0 Å². The Kier molecular flexibility index (Phi) is 11.7. The zero-order chi connectivity index (χ0) is 77.3. The number of nitrogens with zero attached hydrogens (tertiary/aromatic N) is 10. The number of hydrogen-bond donors (Lipinski definition) is 0. The average molecular weight is 1560 g/mol. The van der Waals surface area contributed by atoms with Gasteiger partial charge in [0.25, 0.3) is 0 Å². The van der Waals surface area contributed by atoms with Gasteiger partial charge in [-0.05, 0) is 145 Å². The molecular formula is C108H56N10S2. The minimum absolute atomic E-state index is 0.620. The standard InChI is InChI=1S/C108H56N10S2/c1-4-24-63-58(22-1)45-51-87-91(63)69-29-9-18-38-83(69)116(87)107-109-98-74-33-13-20-40-90(74)120-104(98)106(112-107)117-79-34-14-7-27-67(79)75-55-78-94-66-47-41-60(53-62(66)46-52-85(94)114-81-36-16-10-30-70(81)95(99(75)117)101(78)114)61-42-48-72-88(54-61)115(86-50-44-57-21-2-5-25-64(57)92(72)86)105-103-97(73-32-12-19-39-89(73)119-103)110-108(111-105)118-80-35-15-8-28-68(80)76-56-77-93-65-26-6-3-23-59(65)43-49-84(93)113-82-37-17-11-31-71(82)96(100(76)118)102(77)113/h1-56H. The number of thiophene rings is 2. The third-order valence-electron chi connectivity index (χ3n) is 26.8. The van der Waals surface area contributed by atoms with E-state index in [0.29, 0.717) is 11.9 Å². The van der Waals surface area contributed by atoms with Gasteiger partial charge < -0.3 is 8.80 Å². The largest absolute Gasteiger partial charge is 0.308 e. The molecule has 12 heteroatoms. The van der Waals surface area contributed by atoms with Crippen molar-refractivity contribution in [3.63, 3.8) is 0 Å². The third kappa shape index (κ3) is 7.76. The molecule has 550 valence electrons. The zero-order valence-corrected chi connectivity index (χ0v) is 65.3. The molecule has 0 spiro atoms. The Labute approximate surface area is 686 Å². The van der Waals surface area contributed by atoms with Crippen molar-refractivity contribution in [1.82, 2.24) is 47.0 Å². The molecule has 120 heavy (non-hydrogen) atoms. The summed E-state index contributed by atoms with van der Waals surface area (Å²) >= 11 is 3.55. The number of benzene rings is 18. The molecule has 0 bridgehead atoms. The lowest BCUT2D eigenvalue weighted by molar-refractivity contribution is 0.977. The van der Waals surface area contributed by atoms with Crippen molar-refractivity contribution in [2.24, 2.45) is 0 Å². The first kappa shape index (κ1) is 62.7. The molecule has 12 aromatic heterocycles. The summed E-state index contributed by atoms with van der Waals surface area (Å²) in [5.74, 6) is 2.95. The van der Waals surface area contributed by atoms with Gasteiger partial charge in [-0.3, -0.25) is 18.3 Å². The molecular weight excluding hydrogens is 1500 g/mol. The van der Waals surface area contributed by atoms with Crippen molar-refractivity contribution in [1.29, 1.82) is 0 Å². The monoisotopic (exact) mass is 1560 g/mol. The van der Waals surface area contributed by atoms with Crippen LogP contribution in [0.15, 0.2) is 340 Å². The van der Waals surface area contributed by atoms with Gasteiger partial charge in [0.15, 0.2) is 11.6 Å². The highest BCUT2D eigenvalue weighted by Gasteiger charge is 2.32. The van der Waals surface area contributed by atoms with Gasteiger partial charge in [0.05, 0.1) is 97.7 Å². The van der Waals surface area contributed by atoms with E-state index in [4.69, 9.17) is 19.9 Å². The van der Waals surface area contributed by atoms with Crippen LogP contribution >= 0.6 is 22.7 Å². The molecule has 0 aliphatic carbocycles. The summed E-state index contributed by atoms with van der Waals surface area (Å²) < 4.78 is 19.1. The molecule has 0 radical (unpaired) electrons. The maximum Gasteiger partial charge on any atom is 0.237 e. The Bertz CT molecular complexity index is 9990. The third-order valence-corrected chi connectivity index (χ3v) is 29.1. The summed E-state index contributed by atoms with van der Waals surface area (Å²) in [6, 6.07) is 126. The lowest BCUT2D eigenvalue weighted by Gasteiger charge is -2.14. The predicted molar refractivity (Wildman–Crippen MR) is 506 cm³/mol. The summed E-state index contributed by atoms with van der Waals surface area (Å²) in [4.78, 5) is 23.7. The van der Waals surface area contributed by atoms with Crippen LogP contribution in [0.2, 0.25) is 0 Å². The van der Waals surface area contributed by atoms with Crippen LogP contribution in [0.1, 0.15) is 0 Å². The van der Waals surface area contributed by atoms with E-state index in [1.807, 2.05) is 0 Å². The van der Waals surface area contributed by atoms with Crippen molar-refractivity contribution in [3.05, 3.63) is 340 Å². The van der Waals surface area contributed by atoms with E-state index in [0.717, 1.165) is 130 Å². The van der Waals surface area contributed by atoms with Gasteiger partial charge in [0.1, 0.15) is 0 Å². The van der Waals surface area contributed by atoms with E-state index in [2.05, 4.69) is 367 Å². The van der Waals surface area contributed by atoms with Gasteiger partial charge in [-0.15, -0.1) is 22.7 Å². The van der Waals surface area contributed by atoms with Gasteiger partial charge in [-0.2, -0.15) is 9.97 Å². The van der Waals surface area contributed by atoms with Crippen LogP contribution in [0.3, 0.4) is 0 Å². The summed E-state index contributed by atoms with van der Waals surface area (Å²) in [5.41, 5.74) is 19.8. The summed E-state index contributed by atoms with van der Waals surface area (Å²) in [6.07, 6.45) is 0. The lowest BCUT2D eigenvalue weighted by atomic mass is 9.96. The molecule has 18 aromatic carbocycles. The Morgan fingerprint density at radius 3 is 1.08 bits per heavy atom. The van der Waals surface area contributed by atoms with E-state index < -0.39 is 0 Å². The second-order valence-corrected chi connectivity index (χ2v) is 34.7. The number of para-hydroxylation sites is 5. The maximum atomic E-state index is 6.12. The highest BCUT2D eigenvalue weighted by Crippen LogP contribution is 2.54. The average Bonchev–Trinajstić information content (AvgIpc) is 1.51. The molecule has 0 N–H and O–H groups in total. The van der Waals surface area contributed by atoms with Crippen molar-refractivity contribution in [2.45, 2.75) is 0 Å². The molecule has 0 aliphatic heterocycles. The zero-order valence-electron chi connectivity index (χ0n) is 63.6. The van der Waals surface area contributed by atoms with Crippen LogP contribution in [0.25, 0.3) is 282 Å². The van der Waals surface area contributed by atoms with Gasteiger partial charge in [-0.1, -0.05) is 249 Å². The first-order valence-corrected chi connectivity index (χ1v) is 42.6. The van der Waals surface area contributed by atoms with E-state index in [-0.39, 0.29) is 0 Å². The van der Waals surface area contributed by atoms with E-state index in [1.165, 1.54) is 140 Å². The Morgan fingerprint density at radius 1 is 0.192 bits per heavy atom. The second-order valence-electron chi connectivity index (χ2n) is 32.6. The highest BCUT2D eigenvalue weighted by atomic mass is 32.1. The normalized spacial score (nSPS) is 12.8. The molecule has 12 heterocycles. The second kappa shape index (κ2) is 22.3. The van der Waals surface area contributed by atoms with Gasteiger partial charge in [0, 0.05) is 106 Å². The maximum absolute atomic E-state index is 6.12. The van der Waals surface area contributed by atoms with Crippen LogP contribution in [0.4, 0.5) is 0 Å². The van der Waals surface area contributed by atoms with Crippen molar-refractivity contribution in [2.75, 3.05) is 0 Å². The molecule has 0 saturated carbocycles. The predicted octanol–water partition coefficient (Wildman–Crippen LogP) is 29.0. The molecule has 0 saturated heterocycles. The molecule has 30 rings (SSSR count). The summed E-state index contributed by atoms with van der Waals surface area (Å²) in [7, 11) is 0. The summed E-state index contributed by atoms with van der Waals surface area (Å²) in [5, 5.41) is 30.9. The molecule has 0 amide bonds. The SMILES string of the molecule is c1ccc2c(c1)ccc1c2c2ccccc2n1-c1nc(-n2c3ccccc3c3cc4c5c6ccc(-c7ccc8c9c%10ccccc%10ccc9n(-c9nc(-n%10c%11ccccc%11c%11cc%12c%13c%14ccccc%14ccc%13n%13c%14ccccc%14c(c%11%10)c%12%13)nc%10c9sc9ccccc9%10)c8c7)cc6ccc5n5c6ccccc6c(c32)c45)c2sc3ccccc3c2n1. The molecule has 10 nitrogen and oxygen atoms in total. The first-order chi connectivity index (χ1) is 59.6. The number of fused-ring (bicyclic) bond motifs is 40. The van der Waals surface area contributed by atoms with Crippen molar-refractivity contribution < 1.29 is 0 Å². The van der Waals surface area contributed by atoms with Gasteiger partial charge in [-0.25, -0.2) is 9.97 Å². The van der Waals surface area contributed by atoms with Crippen LogP contribution in [-0.2, 0) is 0 Å². The minimum Gasteiger partial charge on any atom is -0.308 e. The molecule has 0 fully saturated rings. The van der Waals surface area contributed by atoms with Crippen LogP contribution in [0.5, 0.6) is 0 Å². The number of rotatable bonds is 5. The first-order valence-electron chi connectivity index (χ1n) is 40.9.